The van der Waals surface area contributed by atoms with Crippen LogP contribution in [-0.2, 0) is 16.0 Å². The van der Waals surface area contributed by atoms with Gasteiger partial charge in [-0.05, 0) is 35.6 Å². The lowest BCUT2D eigenvalue weighted by Crippen LogP contribution is -2.46. The monoisotopic (exact) mass is 342 g/mol. The predicted molar refractivity (Wildman–Crippen MR) is 93.6 cm³/mol. The van der Waals surface area contributed by atoms with Crippen LogP contribution in [0.4, 0.5) is 0 Å². The van der Waals surface area contributed by atoms with Crippen molar-refractivity contribution in [2.45, 2.75) is 24.8 Å². The van der Waals surface area contributed by atoms with Gasteiger partial charge in [0.1, 0.15) is 6.04 Å². The zero-order valence-corrected chi connectivity index (χ0v) is 13.9. The Morgan fingerprint density at radius 1 is 1.12 bits per heavy atom. The van der Waals surface area contributed by atoms with Crippen LogP contribution in [0.1, 0.15) is 23.5 Å². The van der Waals surface area contributed by atoms with Crippen molar-refractivity contribution in [1.29, 1.82) is 0 Å². The van der Waals surface area contributed by atoms with E-state index >= 15 is 0 Å². The molecule has 1 saturated carbocycles. The zero-order valence-electron chi connectivity index (χ0n) is 13.1. The molecule has 1 aliphatic carbocycles. The Hall–Kier alpha value is -2.33. The second-order valence-corrected chi connectivity index (χ2v) is 6.59. The molecule has 3 rings (SSSR count). The number of hydrogen-bond donors (Lipinski definition) is 2. The van der Waals surface area contributed by atoms with Gasteiger partial charge in [-0.1, -0.05) is 54.1 Å². The van der Waals surface area contributed by atoms with Crippen LogP contribution in [0, 0.1) is 5.92 Å². The van der Waals surface area contributed by atoms with Crippen molar-refractivity contribution in [3.05, 3.63) is 70.7 Å². The van der Waals surface area contributed by atoms with Gasteiger partial charge >= 0.3 is 0 Å². The molecule has 0 radical (unpaired) electrons. The summed E-state index contributed by atoms with van der Waals surface area (Å²) in [7, 11) is 0. The molecule has 0 spiro atoms. The van der Waals surface area contributed by atoms with Gasteiger partial charge in [0, 0.05) is 17.4 Å². The number of primary amides is 1. The highest BCUT2D eigenvalue weighted by atomic mass is 35.5. The van der Waals surface area contributed by atoms with E-state index in [2.05, 4.69) is 5.32 Å². The molecule has 3 N–H and O–H groups in total. The lowest BCUT2D eigenvalue weighted by molar-refractivity contribution is -0.128. The van der Waals surface area contributed by atoms with Gasteiger partial charge in [0.25, 0.3) is 0 Å². The molecule has 3 atom stereocenters. The summed E-state index contributed by atoms with van der Waals surface area (Å²) in [6.07, 6.45) is 1.19. The highest BCUT2D eigenvalue weighted by Crippen LogP contribution is 2.47. The normalized spacial score (nSPS) is 20.2. The summed E-state index contributed by atoms with van der Waals surface area (Å²) in [5.41, 5.74) is 7.51. The first-order chi connectivity index (χ1) is 11.5. The van der Waals surface area contributed by atoms with Gasteiger partial charge in [0.05, 0.1) is 0 Å². The van der Waals surface area contributed by atoms with Crippen LogP contribution in [-0.4, -0.2) is 17.9 Å². The fourth-order valence-corrected chi connectivity index (χ4v) is 3.04. The van der Waals surface area contributed by atoms with Crippen LogP contribution >= 0.6 is 11.6 Å². The van der Waals surface area contributed by atoms with Crippen molar-refractivity contribution in [2.75, 3.05) is 0 Å². The number of benzene rings is 2. The molecular formula is C19H19ClN2O2. The van der Waals surface area contributed by atoms with Gasteiger partial charge in [0.15, 0.2) is 0 Å². The number of nitrogens with two attached hydrogens (primary N) is 1. The maximum absolute atomic E-state index is 12.4. The summed E-state index contributed by atoms with van der Waals surface area (Å²) in [5.74, 6) is -0.554. The molecule has 2 aromatic carbocycles. The molecule has 0 heterocycles. The number of halogens is 1. The van der Waals surface area contributed by atoms with Gasteiger partial charge in [-0.15, -0.1) is 0 Å². The lowest BCUT2D eigenvalue weighted by Gasteiger charge is -2.15. The molecule has 0 bridgehead atoms. The molecule has 1 fully saturated rings. The van der Waals surface area contributed by atoms with E-state index in [0.29, 0.717) is 11.4 Å². The molecule has 24 heavy (non-hydrogen) atoms. The second kappa shape index (κ2) is 7.05. The molecule has 2 amide bonds. The van der Waals surface area contributed by atoms with Gasteiger partial charge in [-0.25, -0.2) is 0 Å². The van der Waals surface area contributed by atoms with Crippen LogP contribution < -0.4 is 11.1 Å². The molecule has 124 valence electrons. The topological polar surface area (TPSA) is 72.2 Å². The van der Waals surface area contributed by atoms with Crippen LogP contribution in [0.2, 0.25) is 5.02 Å². The fraction of sp³-hybridized carbons (Fsp3) is 0.263. The number of rotatable bonds is 6. The minimum Gasteiger partial charge on any atom is -0.368 e. The SMILES string of the molecule is NC(=O)[C@H](Cc1ccccc1)NC(=O)[C@@H]1C[C@@H]1c1ccc(Cl)cc1. The van der Waals surface area contributed by atoms with Crippen molar-refractivity contribution >= 4 is 23.4 Å². The molecule has 0 unspecified atom stereocenters. The first-order valence-electron chi connectivity index (χ1n) is 7.93. The first kappa shape index (κ1) is 16.5. The van der Waals surface area contributed by atoms with Gasteiger partial charge in [-0.3, -0.25) is 9.59 Å². The quantitative estimate of drug-likeness (QED) is 0.847. The predicted octanol–water partition coefficient (Wildman–Crippen LogP) is 2.66. The third kappa shape index (κ3) is 3.95. The average Bonchev–Trinajstić information content (AvgIpc) is 3.36. The second-order valence-electron chi connectivity index (χ2n) is 6.15. The Labute approximate surface area is 146 Å². The smallest absolute Gasteiger partial charge is 0.240 e. The highest BCUT2D eigenvalue weighted by Gasteiger charge is 2.44. The summed E-state index contributed by atoms with van der Waals surface area (Å²) in [6, 6.07) is 16.4. The molecule has 1 aliphatic rings. The van der Waals surface area contributed by atoms with Gasteiger partial charge in [-0.2, -0.15) is 0 Å². The third-order valence-electron chi connectivity index (χ3n) is 4.37. The van der Waals surface area contributed by atoms with Crippen LogP contribution in [0.5, 0.6) is 0 Å². The van der Waals surface area contributed by atoms with Crippen molar-refractivity contribution < 1.29 is 9.59 Å². The minimum atomic E-state index is -0.689. The summed E-state index contributed by atoms with van der Waals surface area (Å²) in [4.78, 5) is 24.1. The maximum Gasteiger partial charge on any atom is 0.240 e. The number of nitrogens with one attached hydrogen (secondary N) is 1. The Bertz CT molecular complexity index is 731. The molecule has 5 heteroatoms. The summed E-state index contributed by atoms with van der Waals surface area (Å²) >= 11 is 5.89. The molecule has 2 aromatic rings. The van der Waals surface area contributed by atoms with E-state index in [1.807, 2.05) is 54.6 Å². The number of hydrogen-bond acceptors (Lipinski definition) is 2. The minimum absolute atomic E-state index is 0.108. The molecule has 0 aromatic heterocycles. The van der Waals surface area contributed by atoms with E-state index in [0.717, 1.165) is 17.5 Å². The van der Waals surface area contributed by atoms with E-state index < -0.39 is 11.9 Å². The van der Waals surface area contributed by atoms with E-state index in [4.69, 9.17) is 17.3 Å². The largest absolute Gasteiger partial charge is 0.368 e. The summed E-state index contributed by atoms with van der Waals surface area (Å²) in [5, 5.41) is 3.48. The average molecular weight is 343 g/mol. The van der Waals surface area contributed by atoms with E-state index in [9.17, 15) is 9.59 Å². The highest BCUT2D eigenvalue weighted by molar-refractivity contribution is 6.30. The first-order valence-corrected chi connectivity index (χ1v) is 8.31. The van der Waals surface area contributed by atoms with Gasteiger partial charge in [0.2, 0.25) is 11.8 Å². The zero-order chi connectivity index (χ0) is 17.1. The standard InChI is InChI=1S/C19H19ClN2O2/c20-14-8-6-13(7-9-14)15-11-16(15)19(24)22-17(18(21)23)10-12-4-2-1-3-5-12/h1-9,15-17H,10-11H2,(H2,21,23)(H,22,24)/t15-,16-,17+/m1/s1. The van der Waals surface area contributed by atoms with Crippen molar-refractivity contribution in [3.63, 3.8) is 0 Å². The van der Waals surface area contributed by atoms with Gasteiger partial charge < -0.3 is 11.1 Å². The third-order valence-corrected chi connectivity index (χ3v) is 4.62. The Balaban J connectivity index is 1.60. The number of carbonyl (C=O) groups is 2. The van der Waals surface area contributed by atoms with Crippen molar-refractivity contribution in [2.24, 2.45) is 11.7 Å². The van der Waals surface area contributed by atoms with E-state index in [-0.39, 0.29) is 17.7 Å². The molecule has 0 saturated heterocycles. The summed E-state index contributed by atoms with van der Waals surface area (Å²) < 4.78 is 0. The van der Waals surface area contributed by atoms with E-state index in [1.54, 1.807) is 0 Å². The van der Waals surface area contributed by atoms with Crippen LogP contribution in [0.25, 0.3) is 0 Å². The number of carbonyl (C=O) groups excluding carboxylic acids is 2. The Kier molecular flexibility index (Phi) is 4.86. The fourth-order valence-electron chi connectivity index (χ4n) is 2.91. The van der Waals surface area contributed by atoms with E-state index in [1.165, 1.54) is 0 Å². The Morgan fingerprint density at radius 2 is 1.79 bits per heavy atom. The molecule has 4 nitrogen and oxygen atoms in total. The lowest BCUT2D eigenvalue weighted by atomic mass is 10.0. The van der Waals surface area contributed by atoms with Crippen LogP contribution in [0.3, 0.4) is 0 Å². The summed E-state index contributed by atoms with van der Waals surface area (Å²) in [6.45, 7) is 0. The molecular weight excluding hydrogens is 324 g/mol. The maximum atomic E-state index is 12.4. The van der Waals surface area contributed by atoms with Crippen molar-refractivity contribution in [3.8, 4) is 0 Å². The van der Waals surface area contributed by atoms with Crippen molar-refractivity contribution in [1.82, 2.24) is 5.32 Å². The Morgan fingerprint density at radius 3 is 2.42 bits per heavy atom. The molecule has 0 aliphatic heterocycles. The number of amides is 2. The van der Waals surface area contributed by atoms with Crippen LogP contribution in [0.15, 0.2) is 54.6 Å².